The van der Waals surface area contributed by atoms with Crippen molar-refractivity contribution in [1.29, 1.82) is 0 Å². The number of aromatic nitrogens is 1. The molecule has 0 amide bonds. The van der Waals surface area contributed by atoms with Crippen molar-refractivity contribution in [2.24, 2.45) is 0 Å². The van der Waals surface area contributed by atoms with Crippen LogP contribution in [0.4, 0.5) is 18.6 Å². The van der Waals surface area contributed by atoms with E-state index in [9.17, 15) is 21.4 Å². The summed E-state index contributed by atoms with van der Waals surface area (Å²) in [4.78, 5) is 3.50. The Labute approximate surface area is 91.0 Å². The van der Waals surface area contributed by atoms with Crippen LogP contribution in [0, 0.1) is 6.92 Å². The van der Waals surface area contributed by atoms with Crippen LogP contribution in [0.2, 0.25) is 0 Å². The molecule has 0 fully saturated rings. The van der Waals surface area contributed by atoms with E-state index < -0.39 is 22.5 Å². The molecule has 1 N–H and O–H groups in total. The maximum atomic E-state index is 12.4. The molecule has 0 aliphatic rings. The molecule has 1 aromatic rings. The highest BCUT2D eigenvalue weighted by atomic mass is 32.2. The smallest absolute Gasteiger partial charge is 0.445 e. The van der Waals surface area contributed by atoms with Gasteiger partial charge in [-0.1, -0.05) is 11.5 Å². The molecule has 0 atom stereocenters. The second kappa shape index (κ2) is 3.97. The van der Waals surface area contributed by atoms with Crippen molar-refractivity contribution in [2.45, 2.75) is 6.92 Å². The minimum absolute atomic E-state index is 0.154. The highest BCUT2D eigenvalue weighted by Gasteiger charge is 2.26. The molecule has 0 aliphatic carbocycles. The van der Waals surface area contributed by atoms with Gasteiger partial charge in [-0.05, 0) is 6.92 Å². The van der Waals surface area contributed by atoms with Crippen molar-refractivity contribution in [2.75, 3.05) is 11.0 Å². The average molecular weight is 253 g/mol. The lowest BCUT2D eigenvalue weighted by Gasteiger charge is -2.16. The van der Waals surface area contributed by atoms with Crippen LogP contribution in [0.1, 0.15) is 5.69 Å². The molecular formula is C7H9BF3N2O2S-. The predicted molar refractivity (Wildman–Crippen MR) is 56.2 cm³/mol. The molecule has 0 bridgehead atoms. The first-order valence-corrected chi connectivity index (χ1v) is 6.13. The van der Waals surface area contributed by atoms with Gasteiger partial charge in [0.15, 0.2) is 0 Å². The van der Waals surface area contributed by atoms with Crippen LogP contribution in [-0.4, -0.2) is 26.6 Å². The van der Waals surface area contributed by atoms with Gasteiger partial charge >= 0.3 is 6.98 Å². The Morgan fingerprint density at radius 3 is 2.38 bits per heavy atom. The van der Waals surface area contributed by atoms with Gasteiger partial charge in [-0.3, -0.25) is 9.71 Å². The Balaban J connectivity index is 3.20. The van der Waals surface area contributed by atoms with Gasteiger partial charge in [0.2, 0.25) is 10.0 Å². The van der Waals surface area contributed by atoms with Crippen LogP contribution < -0.4 is 10.2 Å². The van der Waals surface area contributed by atoms with E-state index in [0.29, 0.717) is 6.20 Å². The highest BCUT2D eigenvalue weighted by molar-refractivity contribution is 7.92. The average Bonchev–Trinajstić information content (AvgIpc) is 2.04. The van der Waals surface area contributed by atoms with Crippen LogP contribution in [0.5, 0.6) is 0 Å². The van der Waals surface area contributed by atoms with E-state index >= 15 is 0 Å². The van der Waals surface area contributed by atoms with E-state index in [1.54, 1.807) is 0 Å². The van der Waals surface area contributed by atoms with Crippen LogP contribution >= 0.6 is 0 Å². The fraction of sp³-hybridized carbons (Fsp3) is 0.286. The van der Waals surface area contributed by atoms with E-state index in [0.717, 1.165) is 12.3 Å². The molecule has 1 aromatic heterocycles. The van der Waals surface area contributed by atoms with Crippen LogP contribution in [0.25, 0.3) is 0 Å². The number of halogens is 3. The number of anilines is 1. The van der Waals surface area contributed by atoms with Crippen LogP contribution in [-0.2, 0) is 10.0 Å². The molecule has 1 heterocycles. The van der Waals surface area contributed by atoms with Crippen molar-refractivity contribution in [3.8, 4) is 0 Å². The number of rotatable bonds is 3. The van der Waals surface area contributed by atoms with Crippen LogP contribution in [0.15, 0.2) is 12.3 Å². The Bertz CT molecular complexity index is 501. The minimum atomic E-state index is -5.18. The van der Waals surface area contributed by atoms with E-state index in [1.165, 1.54) is 6.92 Å². The number of aryl methyl sites for hydroxylation is 1. The zero-order valence-corrected chi connectivity index (χ0v) is 9.35. The van der Waals surface area contributed by atoms with Gasteiger partial charge in [0.25, 0.3) is 0 Å². The Kier molecular flexibility index (Phi) is 3.18. The maximum absolute atomic E-state index is 12.4. The summed E-state index contributed by atoms with van der Waals surface area (Å²) in [6, 6.07) is 0.739. The lowest BCUT2D eigenvalue weighted by Crippen LogP contribution is -2.35. The first-order valence-electron chi connectivity index (χ1n) is 4.24. The standard InChI is InChI=1S/C7H9BF3N2O2S/c1-5-7(13-16(2,14)15)3-6(4-12-5)8(9,10)11/h3-4,13H,1-2H3/q-1. The molecule has 0 spiro atoms. The molecule has 1 rings (SSSR count). The number of hydrogen-bond donors (Lipinski definition) is 1. The predicted octanol–water partition coefficient (Wildman–Crippen LogP) is 0.816. The number of pyridine rings is 1. The fourth-order valence-electron chi connectivity index (χ4n) is 1.03. The quantitative estimate of drug-likeness (QED) is 0.811. The summed E-state index contributed by atoms with van der Waals surface area (Å²) in [6.07, 6.45) is 1.54. The molecule has 0 aliphatic heterocycles. The van der Waals surface area contributed by atoms with Gasteiger partial charge in [-0.15, -0.1) is 0 Å². The molecular weight excluding hydrogens is 244 g/mol. The third kappa shape index (κ3) is 3.40. The third-order valence-electron chi connectivity index (χ3n) is 1.78. The number of nitrogens with one attached hydrogen (secondary N) is 1. The van der Waals surface area contributed by atoms with E-state index in [1.807, 2.05) is 4.72 Å². The highest BCUT2D eigenvalue weighted by Crippen LogP contribution is 2.15. The normalized spacial score (nSPS) is 12.6. The second-order valence-corrected chi connectivity index (χ2v) is 5.10. The summed E-state index contributed by atoms with van der Waals surface area (Å²) in [7, 11) is -3.61. The summed E-state index contributed by atoms with van der Waals surface area (Å²) < 4.78 is 60.9. The van der Waals surface area contributed by atoms with Gasteiger partial charge < -0.3 is 12.9 Å². The van der Waals surface area contributed by atoms with Gasteiger partial charge in [-0.25, -0.2) is 8.42 Å². The van der Waals surface area contributed by atoms with E-state index in [4.69, 9.17) is 0 Å². The molecule has 9 heteroatoms. The van der Waals surface area contributed by atoms with E-state index in [-0.39, 0.29) is 11.4 Å². The maximum Gasteiger partial charge on any atom is 0.511 e. The van der Waals surface area contributed by atoms with Gasteiger partial charge in [0.1, 0.15) is 0 Å². The Morgan fingerprint density at radius 1 is 1.38 bits per heavy atom. The molecule has 0 aromatic carbocycles. The summed E-state index contributed by atoms with van der Waals surface area (Å²) in [5.74, 6) is 0. The SMILES string of the molecule is Cc1ncc([B-](F)(F)F)cc1NS(C)(=O)=O. The van der Waals surface area contributed by atoms with E-state index in [2.05, 4.69) is 4.98 Å². The molecule has 0 saturated carbocycles. The lowest BCUT2D eigenvalue weighted by atomic mass is 9.81. The summed E-state index contributed by atoms with van der Waals surface area (Å²) in [6.45, 7) is -3.77. The van der Waals surface area contributed by atoms with Gasteiger partial charge in [0, 0.05) is 6.20 Å². The lowest BCUT2D eigenvalue weighted by molar-refractivity contribution is 0.500. The largest absolute Gasteiger partial charge is 0.511 e. The molecule has 4 nitrogen and oxygen atoms in total. The first-order chi connectivity index (χ1) is 7.09. The van der Waals surface area contributed by atoms with Crippen LogP contribution in [0.3, 0.4) is 0 Å². The van der Waals surface area contributed by atoms with Crippen molar-refractivity contribution in [3.63, 3.8) is 0 Å². The number of hydrogen-bond acceptors (Lipinski definition) is 3. The van der Waals surface area contributed by atoms with Crippen molar-refractivity contribution in [1.82, 2.24) is 4.98 Å². The van der Waals surface area contributed by atoms with Gasteiger partial charge in [0.05, 0.1) is 17.6 Å². The number of sulfonamides is 1. The summed E-state index contributed by atoms with van der Waals surface area (Å²) in [5.41, 5.74) is -0.898. The summed E-state index contributed by atoms with van der Waals surface area (Å²) >= 11 is 0. The first kappa shape index (κ1) is 12.8. The third-order valence-corrected chi connectivity index (χ3v) is 2.37. The topological polar surface area (TPSA) is 59.1 Å². The van der Waals surface area contributed by atoms with Crippen molar-refractivity contribution >= 4 is 28.2 Å². The number of nitrogens with zero attached hydrogens (tertiary/aromatic N) is 1. The minimum Gasteiger partial charge on any atom is -0.445 e. The molecule has 0 unspecified atom stereocenters. The Morgan fingerprint density at radius 2 is 1.94 bits per heavy atom. The second-order valence-electron chi connectivity index (χ2n) is 3.35. The van der Waals surface area contributed by atoms with Gasteiger partial charge in [-0.2, -0.15) is 0 Å². The molecule has 16 heavy (non-hydrogen) atoms. The van der Waals surface area contributed by atoms with Crippen molar-refractivity contribution < 1.29 is 21.4 Å². The molecule has 90 valence electrons. The molecule has 0 saturated heterocycles. The fourth-order valence-corrected chi connectivity index (χ4v) is 1.64. The summed E-state index contributed by atoms with van der Waals surface area (Å²) in [5, 5.41) is 0. The zero-order valence-electron chi connectivity index (χ0n) is 8.54. The molecule has 0 radical (unpaired) electrons. The monoisotopic (exact) mass is 253 g/mol. The van der Waals surface area contributed by atoms with Crippen molar-refractivity contribution in [3.05, 3.63) is 18.0 Å². The zero-order chi connectivity index (χ0) is 12.6. The Hall–Kier alpha value is -1.25.